The van der Waals surface area contributed by atoms with Crippen LogP contribution in [0.2, 0.25) is 0 Å². The highest BCUT2D eigenvalue weighted by atomic mass is 16.3. The maximum atomic E-state index is 13.2. The summed E-state index contributed by atoms with van der Waals surface area (Å²) in [6, 6.07) is 6.17. The fraction of sp³-hybridized carbons (Fsp3) is 0.500. The van der Waals surface area contributed by atoms with Crippen molar-refractivity contribution in [3.63, 3.8) is 0 Å². The van der Waals surface area contributed by atoms with Gasteiger partial charge < -0.3 is 8.98 Å². The van der Waals surface area contributed by atoms with E-state index >= 15 is 0 Å². The SMILES string of the molecule is CN(Cc1ccoc1)Cc1ccc2n(c1=O)C[C@H]1C[C@@H]2CN(Cc2cn(C)nn2)C1. The van der Waals surface area contributed by atoms with Crippen LogP contribution in [0.15, 0.2) is 46.1 Å². The molecule has 158 valence electrons. The third-order valence-corrected chi connectivity index (χ3v) is 6.27. The molecule has 30 heavy (non-hydrogen) atoms. The molecule has 0 amide bonds. The van der Waals surface area contributed by atoms with Gasteiger partial charge in [0.15, 0.2) is 0 Å². The average Bonchev–Trinajstić information content (AvgIpc) is 3.36. The minimum Gasteiger partial charge on any atom is -0.472 e. The van der Waals surface area contributed by atoms with Crippen molar-refractivity contribution < 1.29 is 4.42 Å². The number of rotatable bonds is 6. The van der Waals surface area contributed by atoms with E-state index in [1.165, 1.54) is 5.69 Å². The number of piperidine rings is 1. The smallest absolute Gasteiger partial charge is 0.255 e. The molecule has 0 aromatic carbocycles. The van der Waals surface area contributed by atoms with Crippen LogP contribution in [0.1, 0.15) is 34.9 Å². The summed E-state index contributed by atoms with van der Waals surface area (Å²) in [6.45, 7) is 5.00. The fourth-order valence-electron chi connectivity index (χ4n) is 5.08. The molecule has 2 atom stereocenters. The van der Waals surface area contributed by atoms with E-state index in [2.05, 4.69) is 26.2 Å². The summed E-state index contributed by atoms with van der Waals surface area (Å²) in [4.78, 5) is 17.9. The summed E-state index contributed by atoms with van der Waals surface area (Å²) >= 11 is 0. The van der Waals surface area contributed by atoms with E-state index in [1.807, 2.05) is 37.0 Å². The lowest BCUT2D eigenvalue weighted by atomic mass is 9.83. The first-order valence-electron chi connectivity index (χ1n) is 10.5. The molecule has 2 aliphatic rings. The molecule has 5 rings (SSSR count). The molecular weight excluding hydrogens is 380 g/mol. The standard InChI is InChI=1S/C22H28N6O2/c1-25(8-16-5-6-30-15-16)11-18-3-4-21-19-7-17(10-28(21)22(18)29)9-27(12-19)14-20-13-26(2)24-23-20/h3-6,13,15,17,19H,7-12,14H2,1-2H3/t17-,19+/m0/s1. The molecule has 8 heteroatoms. The van der Waals surface area contributed by atoms with E-state index in [9.17, 15) is 4.79 Å². The summed E-state index contributed by atoms with van der Waals surface area (Å²) in [5.74, 6) is 0.907. The lowest BCUT2D eigenvalue weighted by Crippen LogP contribution is -2.47. The first kappa shape index (κ1) is 19.3. The Kier molecular flexibility index (Phi) is 5.04. The van der Waals surface area contributed by atoms with E-state index in [0.717, 1.165) is 56.0 Å². The second-order valence-electron chi connectivity index (χ2n) is 8.88. The number of furan rings is 1. The summed E-state index contributed by atoms with van der Waals surface area (Å²) in [7, 11) is 3.93. The number of aromatic nitrogens is 4. The van der Waals surface area contributed by atoms with Crippen LogP contribution >= 0.6 is 0 Å². The third-order valence-electron chi connectivity index (χ3n) is 6.27. The van der Waals surface area contributed by atoms with Crippen LogP contribution in [-0.2, 0) is 33.2 Å². The fourth-order valence-corrected chi connectivity index (χ4v) is 5.08. The summed E-state index contributed by atoms with van der Waals surface area (Å²) < 4.78 is 8.94. The lowest BCUT2D eigenvalue weighted by molar-refractivity contribution is 0.113. The van der Waals surface area contributed by atoms with Gasteiger partial charge in [0.25, 0.3) is 5.56 Å². The van der Waals surface area contributed by atoms with Crippen molar-refractivity contribution in [1.82, 2.24) is 29.4 Å². The zero-order valence-corrected chi connectivity index (χ0v) is 17.6. The Balaban J connectivity index is 1.31. The Hall–Kier alpha value is -2.71. The molecule has 3 aromatic rings. The molecule has 5 heterocycles. The van der Waals surface area contributed by atoms with E-state index in [0.29, 0.717) is 18.4 Å². The van der Waals surface area contributed by atoms with Gasteiger partial charge >= 0.3 is 0 Å². The first-order chi connectivity index (χ1) is 14.5. The Morgan fingerprint density at radius 3 is 2.87 bits per heavy atom. The second-order valence-corrected chi connectivity index (χ2v) is 8.88. The van der Waals surface area contributed by atoms with Gasteiger partial charge in [0.2, 0.25) is 0 Å². The van der Waals surface area contributed by atoms with Gasteiger partial charge in [0, 0.05) is 75.3 Å². The molecule has 1 fully saturated rings. The molecule has 0 radical (unpaired) electrons. The number of fused-ring (bicyclic) bond motifs is 4. The maximum absolute atomic E-state index is 13.2. The van der Waals surface area contributed by atoms with Gasteiger partial charge in [-0.15, -0.1) is 5.10 Å². The van der Waals surface area contributed by atoms with Crippen molar-refractivity contribution in [2.75, 3.05) is 20.1 Å². The highest BCUT2D eigenvalue weighted by Gasteiger charge is 2.35. The molecule has 2 aliphatic heterocycles. The predicted molar refractivity (Wildman–Crippen MR) is 112 cm³/mol. The Morgan fingerprint density at radius 1 is 1.20 bits per heavy atom. The number of hydrogen-bond acceptors (Lipinski definition) is 6. The molecule has 0 unspecified atom stereocenters. The molecule has 8 nitrogen and oxygen atoms in total. The van der Waals surface area contributed by atoms with Gasteiger partial charge in [-0.1, -0.05) is 11.3 Å². The van der Waals surface area contributed by atoms with Crippen LogP contribution in [0.4, 0.5) is 0 Å². The number of likely N-dealkylation sites (tertiary alicyclic amines) is 1. The van der Waals surface area contributed by atoms with Crippen molar-refractivity contribution in [2.24, 2.45) is 13.0 Å². The van der Waals surface area contributed by atoms with E-state index < -0.39 is 0 Å². The number of aryl methyl sites for hydroxylation is 1. The van der Waals surface area contributed by atoms with Gasteiger partial charge in [-0.05, 0) is 31.5 Å². The highest BCUT2D eigenvalue weighted by Crippen LogP contribution is 2.35. The molecular formula is C22H28N6O2. The van der Waals surface area contributed by atoms with Crippen LogP contribution in [-0.4, -0.2) is 49.5 Å². The predicted octanol–water partition coefficient (Wildman–Crippen LogP) is 1.82. The van der Waals surface area contributed by atoms with Crippen molar-refractivity contribution in [3.8, 4) is 0 Å². The average molecular weight is 409 g/mol. The molecule has 2 bridgehead atoms. The topological polar surface area (TPSA) is 72.3 Å². The summed E-state index contributed by atoms with van der Waals surface area (Å²) in [6.07, 6.45) is 6.58. The van der Waals surface area contributed by atoms with Crippen LogP contribution in [0, 0.1) is 5.92 Å². The molecule has 0 aliphatic carbocycles. The largest absolute Gasteiger partial charge is 0.472 e. The third kappa shape index (κ3) is 3.85. The number of hydrogen-bond donors (Lipinski definition) is 0. The van der Waals surface area contributed by atoms with Crippen molar-refractivity contribution in [1.29, 1.82) is 0 Å². The van der Waals surface area contributed by atoms with E-state index in [1.54, 1.807) is 17.2 Å². The van der Waals surface area contributed by atoms with Crippen LogP contribution in [0.25, 0.3) is 0 Å². The Morgan fingerprint density at radius 2 is 2.10 bits per heavy atom. The molecule has 0 spiro atoms. The lowest BCUT2D eigenvalue weighted by Gasteiger charge is -2.42. The maximum Gasteiger partial charge on any atom is 0.255 e. The van der Waals surface area contributed by atoms with Crippen LogP contribution in [0.3, 0.4) is 0 Å². The van der Waals surface area contributed by atoms with Gasteiger partial charge in [-0.25, -0.2) is 0 Å². The minimum absolute atomic E-state index is 0.170. The van der Waals surface area contributed by atoms with Crippen LogP contribution < -0.4 is 5.56 Å². The van der Waals surface area contributed by atoms with Crippen molar-refractivity contribution in [3.05, 3.63) is 69.8 Å². The zero-order valence-electron chi connectivity index (χ0n) is 17.6. The van der Waals surface area contributed by atoms with Crippen molar-refractivity contribution >= 4 is 0 Å². The monoisotopic (exact) mass is 408 g/mol. The Labute approximate surface area is 175 Å². The van der Waals surface area contributed by atoms with Gasteiger partial charge in [0.1, 0.15) is 0 Å². The number of pyridine rings is 1. The molecule has 3 aromatic heterocycles. The van der Waals surface area contributed by atoms with Gasteiger partial charge in [-0.3, -0.25) is 19.3 Å². The van der Waals surface area contributed by atoms with Crippen molar-refractivity contribution in [2.45, 2.75) is 38.5 Å². The summed E-state index contributed by atoms with van der Waals surface area (Å²) in [5, 5.41) is 8.28. The first-order valence-corrected chi connectivity index (χ1v) is 10.5. The Bertz CT molecular complexity index is 1070. The highest BCUT2D eigenvalue weighted by molar-refractivity contribution is 5.22. The quantitative estimate of drug-likeness (QED) is 0.620. The molecule has 1 saturated heterocycles. The molecule has 0 saturated carbocycles. The van der Waals surface area contributed by atoms with Gasteiger partial charge in [-0.2, -0.15) is 0 Å². The van der Waals surface area contributed by atoms with E-state index in [4.69, 9.17) is 4.42 Å². The second kappa shape index (κ2) is 7.85. The summed E-state index contributed by atoms with van der Waals surface area (Å²) in [5.41, 5.74) is 4.34. The van der Waals surface area contributed by atoms with Gasteiger partial charge in [0.05, 0.1) is 18.2 Å². The zero-order chi connectivity index (χ0) is 20.7. The van der Waals surface area contributed by atoms with E-state index in [-0.39, 0.29) is 5.56 Å². The minimum atomic E-state index is 0.170. The normalized spacial score (nSPS) is 21.2. The molecule has 0 N–H and O–H groups in total. The number of nitrogens with zero attached hydrogens (tertiary/aromatic N) is 6. The van der Waals surface area contributed by atoms with Crippen LogP contribution in [0.5, 0.6) is 0 Å².